The van der Waals surface area contributed by atoms with Crippen LogP contribution in [0, 0.1) is 6.92 Å². The van der Waals surface area contributed by atoms with Gasteiger partial charge in [-0.3, -0.25) is 9.59 Å². The van der Waals surface area contributed by atoms with Crippen LogP contribution in [0.4, 0.5) is 0 Å². The van der Waals surface area contributed by atoms with E-state index in [1.165, 1.54) is 0 Å². The van der Waals surface area contributed by atoms with E-state index in [0.29, 0.717) is 17.0 Å². The number of nitrogens with zero attached hydrogens (tertiary/aromatic N) is 1. The van der Waals surface area contributed by atoms with Crippen LogP contribution in [0.1, 0.15) is 21.5 Å². The SMILES string of the molecule is Cc1ccc(C2=N[C@@](NC(=O)c3ccccc3)(C(Cl)Cl)C(=O)N2)cc1. The molecule has 0 spiro atoms. The van der Waals surface area contributed by atoms with Crippen LogP contribution in [0.25, 0.3) is 0 Å². The van der Waals surface area contributed by atoms with E-state index in [1.807, 2.05) is 31.2 Å². The molecule has 25 heavy (non-hydrogen) atoms. The summed E-state index contributed by atoms with van der Waals surface area (Å²) in [5, 5.41) is 5.21. The van der Waals surface area contributed by atoms with Gasteiger partial charge in [-0.15, -0.1) is 0 Å². The fourth-order valence-electron chi connectivity index (χ4n) is 2.43. The summed E-state index contributed by atoms with van der Waals surface area (Å²) in [7, 11) is 0. The number of aliphatic imine (C=N–C) groups is 1. The molecular formula is C18H15Cl2N3O2. The van der Waals surface area contributed by atoms with E-state index in [9.17, 15) is 9.59 Å². The zero-order chi connectivity index (χ0) is 18.0. The molecule has 5 nitrogen and oxygen atoms in total. The standard InChI is InChI=1S/C18H15Cl2N3O2/c1-11-7-9-12(10-8-11)14-21-17(25)18(22-14,16(19)20)23-15(24)13-5-3-2-4-6-13/h2-10,16H,1H3,(H,23,24)(H,21,22,25)/t18-/m1/s1. The summed E-state index contributed by atoms with van der Waals surface area (Å²) >= 11 is 12.1. The van der Waals surface area contributed by atoms with Crippen LogP contribution in [-0.2, 0) is 4.79 Å². The predicted molar refractivity (Wildman–Crippen MR) is 98.0 cm³/mol. The van der Waals surface area contributed by atoms with Gasteiger partial charge in [0.25, 0.3) is 11.8 Å². The first-order valence-electron chi connectivity index (χ1n) is 7.56. The number of aryl methyl sites for hydroxylation is 1. The van der Waals surface area contributed by atoms with Gasteiger partial charge in [-0.2, -0.15) is 0 Å². The molecule has 0 aliphatic carbocycles. The van der Waals surface area contributed by atoms with Crippen LogP contribution in [0.2, 0.25) is 0 Å². The fraction of sp³-hybridized carbons (Fsp3) is 0.167. The fourth-order valence-corrected chi connectivity index (χ4v) is 2.83. The first-order chi connectivity index (χ1) is 11.9. The Bertz CT molecular complexity index is 835. The highest BCUT2D eigenvalue weighted by Crippen LogP contribution is 2.28. The molecule has 0 unspecified atom stereocenters. The lowest BCUT2D eigenvalue weighted by Crippen LogP contribution is -2.58. The number of carbonyl (C=O) groups excluding carboxylic acids is 2. The molecule has 0 fully saturated rings. The van der Waals surface area contributed by atoms with E-state index in [0.717, 1.165) is 5.56 Å². The van der Waals surface area contributed by atoms with Crippen molar-refractivity contribution >= 4 is 40.9 Å². The summed E-state index contributed by atoms with van der Waals surface area (Å²) in [6.45, 7) is 1.96. The molecule has 2 aromatic rings. The minimum atomic E-state index is -1.78. The number of amidine groups is 1. The molecule has 1 atom stereocenters. The molecule has 2 N–H and O–H groups in total. The Hall–Kier alpha value is -2.37. The smallest absolute Gasteiger partial charge is 0.277 e. The van der Waals surface area contributed by atoms with E-state index in [2.05, 4.69) is 15.6 Å². The van der Waals surface area contributed by atoms with Crippen molar-refractivity contribution in [2.45, 2.75) is 17.4 Å². The Balaban J connectivity index is 1.95. The average Bonchev–Trinajstić information content (AvgIpc) is 2.94. The molecule has 3 rings (SSSR count). The molecule has 7 heteroatoms. The molecule has 0 bridgehead atoms. The van der Waals surface area contributed by atoms with Gasteiger partial charge in [-0.05, 0) is 19.1 Å². The third kappa shape index (κ3) is 3.38. The van der Waals surface area contributed by atoms with Crippen molar-refractivity contribution in [2.75, 3.05) is 0 Å². The monoisotopic (exact) mass is 375 g/mol. The Kier molecular flexibility index (Phi) is 4.79. The summed E-state index contributed by atoms with van der Waals surface area (Å²) in [4.78, 5) is 28.1. The maximum Gasteiger partial charge on any atom is 0.277 e. The second kappa shape index (κ2) is 6.86. The molecule has 1 aliphatic rings. The first kappa shape index (κ1) is 17.5. The summed E-state index contributed by atoms with van der Waals surface area (Å²) in [5.74, 6) is -0.761. The van der Waals surface area contributed by atoms with Gasteiger partial charge in [0.15, 0.2) is 4.84 Å². The van der Waals surface area contributed by atoms with Crippen molar-refractivity contribution in [1.82, 2.24) is 10.6 Å². The molecule has 1 heterocycles. The number of hydrogen-bond acceptors (Lipinski definition) is 3. The number of hydrogen-bond donors (Lipinski definition) is 2. The third-order valence-corrected chi connectivity index (χ3v) is 4.48. The van der Waals surface area contributed by atoms with Gasteiger partial charge in [0.05, 0.1) is 0 Å². The van der Waals surface area contributed by atoms with Crippen LogP contribution in [-0.4, -0.2) is 28.1 Å². The van der Waals surface area contributed by atoms with Crippen molar-refractivity contribution < 1.29 is 9.59 Å². The van der Waals surface area contributed by atoms with E-state index >= 15 is 0 Å². The average molecular weight is 376 g/mol. The van der Waals surface area contributed by atoms with E-state index in [4.69, 9.17) is 23.2 Å². The predicted octanol–water partition coefficient (Wildman–Crippen LogP) is 2.80. The topological polar surface area (TPSA) is 70.6 Å². The largest absolute Gasteiger partial charge is 0.318 e. The van der Waals surface area contributed by atoms with E-state index in [1.54, 1.807) is 30.3 Å². The van der Waals surface area contributed by atoms with Crippen molar-refractivity contribution in [2.24, 2.45) is 4.99 Å². The highest BCUT2D eigenvalue weighted by atomic mass is 35.5. The number of nitrogens with one attached hydrogen (secondary N) is 2. The second-order valence-electron chi connectivity index (χ2n) is 5.67. The minimum absolute atomic E-state index is 0.310. The van der Waals surface area contributed by atoms with Crippen molar-refractivity contribution in [3.05, 3.63) is 71.3 Å². The Morgan fingerprint density at radius 3 is 2.36 bits per heavy atom. The molecule has 0 radical (unpaired) electrons. The summed E-state index contributed by atoms with van der Waals surface area (Å²) < 4.78 is 0. The Morgan fingerprint density at radius 2 is 1.76 bits per heavy atom. The highest BCUT2D eigenvalue weighted by Gasteiger charge is 2.50. The quantitative estimate of drug-likeness (QED) is 0.806. The number of halogens is 2. The molecule has 0 saturated carbocycles. The Labute approximate surface area is 155 Å². The number of alkyl halides is 2. The van der Waals surface area contributed by atoms with Crippen LogP contribution < -0.4 is 10.6 Å². The lowest BCUT2D eigenvalue weighted by molar-refractivity contribution is -0.124. The zero-order valence-corrected chi connectivity index (χ0v) is 14.8. The lowest BCUT2D eigenvalue weighted by Gasteiger charge is -2.25. The maximum absolute atomic E-state index is 12.5. The van der Waals surface area contributed by atoms with Gasteiger partial charge < -0.3 is 10.6 Å². The third-order valence-electron chi connectivity index (χ3n) is 3.85. The van der Waals surface area contributed by atoms with Crippen LogP contribution >= 0.6 is 23.2 Å². The lowest BCUT2D eigenvalue weighted by atomic mass is 10.1. The second-order valence-corrected chi connectivity index (χ2v) is 6.76. The van der Waals surface area contributed by atoms with Gasteiger partial charge in [0, 0.05) is 11.1 Å². The van der Waals surface area contributed by atoms with Gasteiger partial charge in [0.1, 0.15) is 5.84 Å². The van der Waals surface area contributed by atoms with Crippen LogP contribution in [0.3, 0.4) is 0 Å². The molecule has 0 aromatic heterocycles. The Morgan fingerprint density at radius 1 is 1.12 bits per heavy atom. The molecule has 1 aliphatic heterocycles. The normalized spacial score (nSPS) is 19.5. The molecule has 128 valence electrons. The van der Waals surface area contributed by atoms with Crippen molar-refractivity contribution in [3.63, 3.8) is 0 Å². The molecule has 2 aromatic carbocycles. The van der Waals surface area contributed by atoms with Crippen molar-refractivity contribution in [1.29, 1.82) is 0 Å². The van der Waals surface area contributed by atoms with Gasteiger partial charge in [-0.1, -0.05) is 71.2 Å². The number of carbonyl (C=O) groups is 2. The van der Waals surface area contributed by atoms with Gasteiger partial charge in [-0.25, -0.2) is 4.99 Å². The van der Waals surface area contributed by atoms with Gasteiger partial charge >= 0.3 is 0 Å². The minimum Gasteiger partial charge on any atom is -0.318 e. The number of rotatable bonds is 4. The highest BCUT2D eigenvalue weighted by molar-refractivity contribution is 6.47. The van der Waals surface area contributed by atoms with Gasteiger partial charge in [0.2, 0.25) is 5.66 Å². The summed E-state index contributed by atoms with van der Waals surface area (Å²) in [6, 6.07) is 15.9. The summed E-state index contributed by atoms with van der Waals surface area (Å²) in [5.41, 5.74) is 0.368. The molecule has 2 amide bonds. The van der Waals surface area contributed by atoms with Crippen LogP contribution in [0.5, 0.6) is 0 Å². The summed E-state index contributed by atoms with van der Waals surface area (Å²) in [6.07, 6.45) is 0. The van der Waals surface area contributed by atoms with Crippen LogP contribution in [0.15, 0.2) is 59.6 Å². The van der Waals surface area contributed by atoms with E-state index < -0.39 is 22.3 Å². The molecular weight excluding hydrogens is 361 g/mol. The maximum atomic E-state index is 12.5. The number of amides is 2. The zero-order valence-electron chi connectivity index (χ0n) is 13.3. The first-order valence-corrected chi connectivity index (χ1v) is 8.44. The number of benzene rings is 2. The molecule has 0 saturated heterocycles. The van der Waals surface area contributed by atoms with Crippen molar-refractivity contribution in [3.8, 4) is 0 Å². The van der Waals surface area contributed by atoms with E-state index in [-0.39, 0.29) is 0 Å².